The molecule has 0 saturated heterocycles. The van der Waals surface area contributed by atoms with E-state index < -0.39 is 0 Å². The van der Waals surface area contributed by atoms with Gasteiger partial charge in [-0.15, -0.1) is 21.5 Å². The van der Waals surface area contributed by atoms with Gasteiger partial charge in [-0.2, -0.15) is 5.26 Å². The second kappa shape index (κ2) is 10.8. The van der Waals surface area contributed by atoms with Gasteiger partial charge in [0.2, 0.25) is 5.91 Å². The van der Waals surface area contributed by atoms with Crippen molar-refractivity contribution in [3.63, 3.8) is 0 Å². The number of nitriles is 1. The van der Waals surface area contributed by atoms with E-state index in [9.17, 15) is 14.4 Å². The fourth-order valence-electron chi connectivity index (χ4n) is 3.69. The van der Waals surface area contributed by atoms with E-state index in [1.165, 1.54) is 53.0 Å². The number of rotatable bonds is 7. The molecule has 172 valence electrons. The van der Waals surface area contributed by atoms with Gasteiger partial charge in [0.05, 0.1) is 11.3 Å². The molecule has 0 fully saturated rings. The molecule has 2 aromatic heterocycles. The maximum Gasteiger partial charge on any atom is 0.235 e. The predicted octanol–water partition coefficient (Wildman–Crippen LogP) is 4.86. The SMILES string of the molecule is Cn1c(COc2ccc(F)cc2)nnc1SCC(=O)Nc1sc2c(c1C#N)CCCCCC2. The van der Waals surface area contributed by atoms with Gasteiger partial charge in [0.15, 0.2) is 11.0 Å². The van der Waals surface area contributed by atoms with Crippen LogP contribution in [-0.4, -0.2) is 26.4 Å². The number of aryl methyl sites for hydroxylation is 1. The van der Waals surface area contributed by atoms with Crippen molar-refractivity contribution in [2.75, 3.05) is 11.1 Å². The van der Waals surface area contributed by atoms with Gasteiger partial charge in [0.25, 0.3) is 0 Å². The Morgan fingerprint density at radius 3 is 2.76 bits per heavy atom. The number of fused-ring (bicyclic) bond motifs is 1. The first kappa shape index (κ1) is 23.3. The summed E-state index contributed by atoms with van der Waals surface area (Å²) in [5.41, 5.74) is 1.73. The van der Waals surface area contributed by atoms with Crippen LogP contribution in [-0.2, 0) is 31.3 Å². The molecule has 2 heterocycles. The van der Waals surface area contributed by atoms with Crippen molar-refractivity contribution in [2.24, 2.45) is 7.05 Å². The van der Waals surface area contributed by atoms with E-state index in [1.807, 2.05) is 0 Å². The number of carbonyl (C=O) groups is 1. The highest BCUT2D eigenvalue weighted by Gasteiger charge is 2.21. The number of amides is 1. The minimum absolute atomic E-state index is 0.151. The highest BCUT2D eigenvalue weighted by molar-refractivity contribution is 7.99. The summed E-state index contributed by atoms with van der Waals surface area (Å²) in [5.74, 6) is 0.767. The molecule has 4 rings (SSSR count). The predicted molar refractivity (Wildman–Crippen MR) is 126 cm³/mol. The molecule has 0 radical (unpaired) electrons. The summed E-state index contributed by atoms with van der Waals surface area (Å²) >= 11 is 2.80. The van der Waals surface area contributed by atoms with Crippen molar-refractivity contribution < 1.29 is 13.9 Å². The maximum atomic E-state index is 13.0. The smallest absolute Gasteiger partial charge is 0.235 e. The van der Waals surface area contributed by atoms with E-state index in [-0.39, 0.29) is 24.1 Å². The first-order valence-corrected chi connectivity index (χ1v) is 12.6. The molecule has 10 heteroatoms. The van der Waals surface area contributed by atoms with E-state index in [0.717, 1.165) is 31.2 Å². The second-order valence-electron chi connectivity index (χ2n) is 7.77. The molecule has 1 amide bonds. The molecule has 0 bridgehead atoms. The maximum absolute atomic E-state index is 13.0. The topological polar surface area (TPSA) is 92.8 Å². The second-order valence-corrected chi connectivity index (χ2v) is 9.82. The summed E-state index contributed by atoms with van der Waals surface area (Å²) in [6.45, 7) is 0.175. The molecule has 1 aliphatic rings. The largest absolute Gasteiger partial charge is 0.486 e. The van der Waals surface area contributed by atoms with Crippen LogP contribution in [0.4, 0.5) is 9.39 Å². The highest BCUT2D eigenvalue weighted by Crippen LogP contribution is 2.36. The van der Waals surface area contributed by atoms with Crippen LogP contribution in [0.5, 0.6) is 5.75 Å². The van der Waals surface area contributed by atoms with Gasteiger partial charge in [-0.25, -0.2) is 4.39 Å². The highest BCUT2D eigenvalue weighted by atomic mass is 32.2. The van der Waals surface area contributed by atoms with Crippen molar-refractivity contribution in [3.8, 4) is 11.8 Å². The van der Waals surface area contributed by atoms with Crippen LogP contribution < -0.4 is 10.1 Å². The number of hydrogen-bond acceptors (Lipinski definition) is 7. The number of carbonyl (C=O) groups excluding carboxylic acids is 1. The van der Waals surface area contributed by atoms with Crippen molar-refractivity contribution in [1.82, 2.24) is 14.8 Å². The first-order chi connectivity index (χ1) is 16.0. The molecule has 0 unspecified atom stereocenters. The third-order valence-corrected chi connectivity index (χ3v) is 7.70. The number of ether oxygens (including phenoxy) is 1. The summed E-state index contributed by atoms with van der Waals surface area (Å²) in [4.78, 5) is 13.8. The number of thiophene rings is 1. The Labute approximate surface area is 200 Å². The van der Waals surface area contributed by atoms with Gasteiger partial charge in [-0.3, -0.25) is 4.79 Å². The fourth-order valence-corrected chi connectivity index (χ4v) is 5.68. The Balaban J connectivity index is 1.34. The van der Waals surface area contributed by atoms with Crippen LogP contribution in [0.3, 0.4) is 0 Å². The molecular weight excluding hydrogens is 461 g/mol. The molecule has 1 aromatic carbocycles. The zero-order valence-electron chi connectivity index (χ0n) is 18.3. The quantitative estimate of drug-likeness (QED) is 0.481. The number of hydrogen-bond donors (Lipinski definition) is 1. The Hall–Kier alpha value is -2.90. The van der Waals surface area contributed by atoms with Gasteiger partial charge in [0.1, 0.15) is 29.2 Å². The van der Waals surface area contributed by atoms with Gasteiger partial charge < -0.3 is 14.6 Å². The fraction of sp³-hybridized carbons (Fsp3) is 0.391. The lowest BCUT2D eigenvalue weighted by molar-refractivity contribution is -0.113. The third kappa shape index (κ3) is 5.72. The number of halogens is 1. The third-order valence-electron chi connectivity index (χ3n) is 5.48. The summed E-state index contributed by atoms with van der Waals surface area (Å²) in [5, 5.41) is 22.1. The average Bonchev–Trinajstić information content (AvgIpc) is 3.30. The summed E-state index contributed by atoms with van der Waals surface area (Å²) in [7, 11) is 1.80. The number of aromatic nitrogens is 3. The number of nitrogens with zero attached hydrogens (tertiary/aromatic N) is 4. The Kier molecular flexibility index (Phi) is 7.62. The van der Waals surface area contributed by atoms with E-state index in [0.29, 0.717) is 27.3 Å². The molecule has 1 N–H and O–H groups in total. The normalized spacial score (nSPS) is 13.5. The lowest BCUT2D eigenvalue weighted by Gasteiger charge is -2.08. The van der Waals surface area contributed by atoms with Gasteiger partial charge in [-0.05, 0) is 55.5 Å². The van der Waals surface area contributed by atoms with Crippen LogP contribution in [0.25, 0.3) is 0 Å². The number of anilines is 1. The van der Waals surface area contributed by atoms with E-state index in [4.69, 9.17) is 4.74 Å². The van der Waals surface area contributed by atoms with Crippen molar-refractivity contribution in [2.45, 2.75) is 50.3 Å². The van der Waals surface area contributed by atoms with Crippen LogP contribution in [0.1, 0.15) is 47.5 Å². The Morgan fingerprint density at radius 1 is 1.24 bits per heavy atom. The zero-order chi connectivity index (χ0) is 23.2. The van der Waals surface area contributed by atoms with E-state index in [2.05, 4.69) is 21.6 Å². The standard InChI is InChI=1S/C23H24FN5O2S2/c1-29-20(13-31-16-10-8-15(24)9-11-16)27-28-23(29)32-14-21(30)26-22-18(12-25)17-6-4-2-3-5-7-19(17)33-22/h8-11H,2-7,13-14H2,1H3,(H,26,30). The molecule has 0 saturated carbocycles. The molecule has 0 atom stereocenters. The zero-order valence-corrected chi connectivity index (χ0v) is 19.9. The van der Waals surface area contributed by atoms with Crippen LogP contribution in [0.2, 0.25) is 0 Å². The lowest BCUT2D eigenvalue weighted by Crippen LogP contribution is -2.14. The van der Waals surface area contributed by atoms with Gasteiger partial charge >= 0.3 is 0 Å². The molecule has 33 heavy (non-hydrogen) atoms. The van der Waals surface area contributed by atoms with E-state index >= 15 is 0 Å². The first-order valence-electron chi connectivity index (χ1n) is 10.8. The van der Waals surface area contributed by atoms with Gasteiger partial charge in [-0.1, -0.05) is 24.6 Å². The number of nitrogens with one attached hydrogen (secondary N) is 1. The van der Waals surface area contributed by atoms with Crippen LogP contribution in [0, 0.1) is 17.1 Å². The minimum Gasteiger partial charge on any atom is -0.486 e. The monoisotopic (exact) mass is 485 g/mol. The Bertz CT molecular complexity index is 1170. The van der Waals surface area contributed by atoms with E-state index in [1.54, 1.807) is 23.7 Å². The van der Waals surface area contributed by atoms with Crippen molar-refractivity contribution >= 4 is 34.0 Å². The molecule has 0 spiro atoms. The lowest BCUT2D eigenvalue weighted by atomic mass is 9.97. The van der Waals surface area contributed by atoms with Crippen molar-refractivity contribution in [1.29, 1.82) is 5.26 Å². The molecule has 0 aliphatic heterocycles. The molecular formula is C23H24FN5O2S2. The number of thioether (sulfide) groups is 1. The summed E-state index contributed by atoms with van der Waals surface area (Å²) in [6, 6.07) is 8.06. The Morgan fingerprint density at radius 2 is 2.00 bits per heavy atom. The van der Waals surface area contributed by atoms with Crippen LogP contribution >= 0.6 is 23.1 Å². The molecule has 3 aromatic rings. The van der Waals surface area contributed by atoms with Crippen LogP contribution in [0.15, 0.2) is 29.4 Å². The summed E-state index contributed by atoms with van der Waals surface area (Å²) in [6.07, 6.45) is 6.49. The summed E-state index contributed by atoms with van der Waals surface area (Å²) < 4.78 is 20.4. The van der Waals surface area contributed by atoms with Crippen molar-refractivity contribution in [3.05, 3.63) is 51.9 Å². The molecule has 7 nitrogen and oxygen atoms in total. The molecule has 1 aliphatic carbocycles. The number of benzene rings is 1. The average molecular weight is 486 g/mol. The minimum atomic E-state index is -0.325. The van der Waals surface area contributed by atoms with Gasteiger partial charge in [0, 0.05) is 11.9 Å².